The molecule has 126 valence electrons. The Morgan fingerprint density at radius 2 is 1.96 bits per heavy atom. The highest BCUT2D eigenvalue weighted by Crippen LogP contribution is 2.21. The van der Waals surface area contributed by atoms with Crippen LogP contribution in [0.25, 0.3) is 0 Å². The fraction of sp³-hybridized carbons (Fsp3) is 0.444. The number of hydrogen-bond acceptors (Lipinski definition) is 5. The van der Waals surface area contributed by atoms with E-state index in [2.05, 4.69) is 28.1 Å². The molecule has 0 N–H and O–H groups in total. The van der Waals surface area contributed by atoms with Crippen LogP contribution in [-0.2, 0) is 24.2 Å². The molecule has 1 aromatic carbocycles. The molecular weight excluding hydrogens is 322 g/mol. The Balaban J connectivity index is 1.42. The highest BCUT2D eigenvalue weighted by molar-refractivity contribution is 7.09. The Morgan fingerprint density at radius 1 is 1.17 bits per heavy atom. The molecule has 24 heavy (non-hydrogen) atoms. The minimum atomic E-state index is 0.0500. The molecule has 0 unspecified atom stereocenters. The average Bonchev–Trinajstić information content (AvgIpc) is 3.10. The van der Waals surface area contributed by atoms with Gasteiger partial charge in [-0.1, -0.05) is 24.3 Å². The molecule has 0 aliphatic carbocycles. The van der Waals surface area contributed by atoms with Crippen LogP contribution in [0.15, 0.2) is 29.6 Å². The molecule has 6 heteroatoms. The fourth-order valence-electron chi connectivity index (χ4n) is 3.26. The van der Waals surface area contributed by atoms with Crippen LogP contribution in [0.4, 0.5) is 0 Å². The normalized spacial score (nSPS) is 18.4. The van der Waals surface area contributed by atoms with Crippen molar-refractivity contribution in [2.75, 3.05) is 32.8 Å². The highest BCUT2D eigenvalue weighted by Gasteiger charge is 2.23. The molecule has 0 bridgehead atoms. The van der Waals surface area contributed by atoms with Crippen LogP contribution in [0.3, 0.4) is 0 Å². The molecule has 5 nitrogen and oxygen atoms in total. The number of aromatic nitrogens is 1. The van der Waals surface area contributed by atoms with Gasteiger partial charge < -0.3 is 9.64 Å². The van der Waals surface area contributed by atoms with E-state index in [0.717, 1.165) is 50.8 Å². The highest BCUT2D eigenvalue weighted by atomic mass is 32.1. The molecule has 2 aliphatic rings. The molecule has 2 aromatic rings. The maximum absolute atomic E-state index is 12.8. The number of carbonyl (C=O) groups is 1. The van der Waals surface area contributed by atoms with Gasteiger partial charge in [-0.3, -0.25) is 9.69 Å². The first-order chi connectivity index (χ1) is 11.8. The molecule has 0 radical (unpaired) electrons. The Morgan fingerprint density at radius 3 is 2.79 bits per heavy atom. The van der Waals surface area contributed by atoms with Gasteiger partial charge in [-0.05, 0) is 17.5 Å². The third-order valence-corrected chi connectivity index (χ3v) is 5.48. The van der Waals surface area contributed by atoms with Gasteiger partial charge in [0.25, 0.3) is 5.91 Å². The number of carbonyl (C=O) groups excluding carboxylic acids is 1. The van der Waals surface area contributed by atoms with Gasteiger partial charge in [0.2, 0.25) is 0 Å². The third-order valence-electron chi connectivity index (χ3n) is 4.65. The van der Waals surface area contributed by atoms with Crippen LogP contribution in [0, 0.1) is 0 Å². The van der Waals surface area contributed by atoms with E-state index in [9.17, 15) is 4.79 Å². The quantitative estimate of drug-likeness (QED) is 0.857. The maximum Gasteiger partial charge on any atom is 0.273 e. The van der Waals surface area contributed by atoms with Crippen molar-refractivity contribution in [3.05, 3.63) is 51.5 Å². The first-order valence-electron chi connectivity index (χ1n) is 8.40. The number of rotatable bonds is 3. The fourth-order valence-corrected chi connectivity index (χ4v) is 4.07. The number of morpholine rings is 1. The minimum absolute atomic E-state index is 0.0500. The standard InChI is InChI=1S/C18H21N3O2S/c22-18(21-6-5-14-3-1-2-4-15(14)11-21)16-13-24-17(19-16)12-20-7-9-23-10-8-20/h1-4,13H,5-12H2. The van der Waals surface area contributed by atoms with Crippen LogP contribution < -0.4 is 0 Å². The molecule has 1 saturated heterocycles. The number of benzene rings is 1. The predicted molar refractivity (Wildman–Crippen MR) is 93.1 cm³/mol. The van der Waals surface area contributed by atoms with Crippen LogP contribution in [0.2, 0.25) is 0 Å². The van der Waals surface area contributed by atoms with Gasteiger partial charge in [-0.25, -0.2) is 4.98 Å². The van der Waals surface area contributed by atoms with E-state index in [1.807, 2.05) is 16.3 Å². The summed E-state index contributed by atoms with van der Waals surface area (Å²) < 4.78 is 5.37. The van der Waals surface area contributed by atoms with Gasteiger partial charge in [0.05, 0.1) is 19.8 Å². The molecule has 1 amide bonds. The van der Waals surface area contributed by atoms with Gasteiger partial charge in [-0.15, -0.1) is 11.3 Å². The van der Waals surface area contributed by atoms with Crippen molar-refractivity contribution >= 4 is 17.2 Å². The Hall–Kier alpha value is -1.76. The lowest BCUT2D eigenvalue weighted by molar-refractivity contribution is 0.0341. The lowest BCUT2D eigenvalue weighted by Crippen LogP contribution is -2.36. The Labute approximate surface area is 145 Å². The predicted octanol–water partition coefficient (Wildman–Crippen LogP) is 2.17. The summed E-state index contributed by atoms with van der Waals surface area (Å²) in [5.41, 5.74) is 3.19. The molecule has 4 rings (SSSR count). The van der Waals surface area contributed by atoms with E-state index in [1.165, 1.54) is 11.1 Å². The van der Waals surface area contributed by atoms with Crippen molar-refractivity contribution in [2.24, 2.45) is 0 Å². The molecule has 0 saturated carbocycles. The zero-order valence-electron chi connectivity index (χ0n) is 13.6. The first-order valence-corrected chi connectivity index (χ1v) is 9.28. The summed E-state index contributed by atoms with van der Waals surface area (Å²) in [5, 5.41) is 2.91. The summed E-state index contributed by atoms with van der Waals surface area (Å²) in [4.78, 5) is 21.6. The van der Waals surface area contributed by atoms with Gasteiger partial charge in [0, 0.05) is 31.6 Å². The minimum Gasteiger partial charge on any atom is -0.379 e. The van der Waals surface area contributed by atoms with E-state index in [-0.39, 0.29) is 5.91 Å². The van der Waals surface area contributed by atoms with E-state index < -0.39 is 0 Å². The van der Waals surface area contributed by atoms with Crippen molar-refractivity contribution in [2.45, 2.75) is 19.5 Å². The van der Waals surface area contributed by atoms with Crippen LogP contribution in [-0.4, -0.2) is 53.5 Å². The van der Waals surface area contributed by atoms with Crippen molar-refractivity contribution in [1.29, 1.82) is 0 Å². The van der Waals surface area contributed by atoms with Crippen molar-refractivity contribution in [1.82, 2.24) is 14.8 Å². The van der Waals surface area contributed by atoms with Crippen molar-refractivity contribution in [3.63, 3.8) is 0 Å². The number of thiazole rings is 1. The molecule has 1 aromatic heterocycles. The second-order valence-corrected chi connectivity index (χ2v) is 7.20. The summed E-state index contributed by atoms with van der Waals surface area (Å²) in [6.45, 7) is 5.70. The smallest absolute Gasteiger partial charge is 0.273 e. The molecule has 3 heterocycles. The molecule has 0 spiro atoms. The summed E-state index contributed by atoms with van der Waals surface area (Å²) >= 11 is 1.58. The van der Waals surface area contributed by atoms with Crippen molar-refractivity contribution < 1.29 is 9.53 Å². The van der Waals surface area contributed by atoms with E-state index in [0.29, 0.717) is 12.2 Å². The lowest BCUT2D eigenvalue weighted by atomic mass is 10.00. The zero-order valence-corrected chi connectivity index (χ0v) is 14.4. The topological polar surface area (TPSA) is 45.7 Å². The van der Waals surface area contributed by atoms with Crippen LogP contribution in [0.5, 0.6) is 0 Å². The first kappa shape index (κ1) is 15.7. The Bertz CT molecular complexity index is 725. The second kappa shape index (κ2) is 7.01. The van der Waals surface area contributed by atoms with Crippen LogP contribution in [0.1, 0.15) is 26.6 Å². The van der Waals surface area contributed by atoms with E-state index in [1.54, 1.807) is 11.3 Å². The maximum atomic E-state index is 12.8. The van der Waals surface area contributed by atoms with Gasteiger partial charge in [-0.2, -0.15) is 0 Å². The molecular formula is C18H21N3O2S. The molecule has 1 fully saturated rings. The van der Waals surface area contributed by atoms with E-state index >= 15 is 0 Å². The van der Waals surface area contributed by atoms with Gasteiger partial charge in [0.15, 0.2) is 0 Å². The Kier molecular flexibility index (Phi) is 4.60. The third kappa shape index (κ3) is 3.36. The number of nitrogens with zero attached hydrogens (tertiary/aromatic N) is 3. The largest absolute Gasteiger partial charge is 0.379 e. The average molecular weight is 343 g/mol. The molecule has 2 aliphatic heterocycles. The number of amides is 1. The summed E-state index contributed by atoms with van der Waals surface area (Å²) in [5.74, 6) is 0.0500. The monoisotopic (exact) mass is 343 g/mol. The summed E-state index contributed by atoms with van der Waals surface area (Å²) in [6, 6.07) is 8.37. The van der Waals surface area contributed by atoms with Crippen molar-refractivity contribution in [3.8, 4) is 0 Å². The zero-order chi connectivity index (χ0) is 16.4. The van der Waals surface area contributed by atoms with Crippen LogP contribution >= 0.6 is 11.3 Å². The number of hydrogen-bond donors (Lipinski definition) is 0. The summed E-state index contributed by atoms with van der Waals surface area (Å²) in [6.07, 6.45) is 0.923. The van der Waals surface area contributed by atoms with Gasteiger partial charge >= 0.3 is 0 Å². The van der Waals surface area contributed by atoms with Gasteiger partial charge in [0.1, 0.15) is 10.7 Å². The molecule has 0 atom stereocenters. The SMILES string of the molecule is O=C(c1csc(CN2CCOCC2)n1)N1CCc2ccccc2C1. The second-order valence-electron chi connectivity index (χ2n) is 6.26. The number of fused-ring (bicyclic) bond motifs is 1. The summed E-state index contributed by atoms with van der Waals surface area (Å²) in [7, 11) is 0. The lowest BCUT2D eigenvalue weighted by Gasteiger charge is -2.28. The number of ether oxygens (including phenoxy) is 1. The van der Waals surface area contributed by atoms with E-state index in [4.69, 9.17) is 4.74 Å².